The molecular formula is C18H26N4O3. The van der Waals surface area contributed by atoms with Crippen LogP contribution in [0, 0.1) is 5.41 Å². The van der Waals surface area contributed by atoms with Gasteiger partial charge in [-0.05, 0) is 19.8 Å². The fourth-order valence-electron chi connectivity index (χ4n) is 3.37. The number of aromatic nitrogens is 2. The minimum absolute atomic E-state index is 0.0386. The average molecular weight is 346 g/mol. The van der Waals surface area contributed by atoms with Gasteiger partial charge in [0.2, 0.25) is 5.91 Å². The van der Waals surface area contributed by atoms with E-state index in [4.69, 9.17) is 4.74 Å². The van der Waals surface area contributed by atoms with Gasteiger partial charge in [-0.1, -0.05) is 20.8 Å². The zero-order chi connectivity index (χ0) is 18.2. The first kappa shape index (κ1) is 17.6. The second kappa shape index (κ2) is 6.61. The molecule has 1 atom stereocenters. The van der Waals surface area contributed by atoms with Crippen LogP contribution in [0.3, 0.4) is 0 Å². The van der Waals surface area contributed by atoms with Gasteiger partial charge in [-0.25, -0.2) is 9.78 Å². The maximum absolute atomic E-state index is 12.4. The molecule has 0 radical (unpaired) electrons. The first-order chi connectivity index (χ1) is 11.8. The van der Waals surface area contributed by atoms with E-state index in [0.29, 0.717) is 12.4 Å². The van der Waals surface area contributed by atoms with Gasteiger partial charge >= 0.3 is 6.09 Å². The molecule has 0 spiro atoms. The highest BCUT2D eigenvalue weighted by Gasteiger charge is 2.34. The molecule has 0 aromatic carbocycles. The largest absolute Gasteiger partial charge is 0.447 e. The number of nitrogens with zero attached hydrogens (tertiary/aromatic N) is 4. The predicted molar refractivity (Wildman–Crippen MR) is 93.3 cm³/mol. The number of cyclic esters (lactones) is 1. The Kier molecular flexibility index (Phi) is 4.67. The number of anilines is 1. The van der Waals surface area contributed by atoms with E-state index in [9.17, 15) is 9.59 Å². The summed E-state index contributed by atoms with van der Waals surface area (Å²) in [6.45, 7) is 9.61. The number of carbonyl (C=O) groups excluding carboxylic acids is 2. The van der Waals surface area contributed by atoms with E-state index in [0.717, 1.165) is 31.6 Å². The number of carbonyl (C=O) groups is 2. The van der Waals surface area contributed by atoms with Gasteiger partial charge in [-0.3, -0.25) is 14.7 Å². The van der Waals surface area contributed by atoms with Crippen molar-refractivity contribution >= 4 is 17.8 Å². The van der Waals surface area contributed by atoms with Crippen LogP contribution < -0.4 is 4.90 Å². The van der Waals surface area contributed by atoms with Crippen LogP contribution in [0.1, 0.15) is 52.1 Å². The van der Waals surface area contributed by atoms with Gasteiger partial charge in [0.15, 0.2) is 5.82 Å². The molecule has 3 rings (SSSR count). The second-order valence-corrected chi connectivity index (χ2v) is 7.91. The Morgan fingerprint density at radius 2 is 1.92 bits per heavy atom. The summed E-state index contributed by atoms with van der Waals surface area (Å²) in [7, 11) is 0. The Morgan fingerprint density at radius 3 is 2.48 bits per heavy atom. The van der Waals surface area contributed by atoms with Gasteiger partial charge in [0, 0.05) is 30.6 Å². The van der Waals surface area contributed by atoms with Gasteiger partial charge < -0.3 is 9.64 Å². The highest BCUT2D eigenvalue weighted by molar-refractivity contribution is 5.88. The standard InChI is InChI=1S/C18H26N4O3/c1-12-11-25-17(24)22(12)15-10-19-9-14(20-15)13-5-7-21(8-6-13)16(23)18(2,3)4/h9-10,12-13H,5-8,11H2,1-4H3/t12-/m1/s1. The van der Waals surface area contributed by atoms with Crippen molar-refractivity contribution in [3.05, 3.63) is 18.1 Å². The highest BCUT2D eigenvalue weighted by atomic mass is 16.6. The molecule has 2 aliphatic heterocycles. The second-order valence-electron chi connectivity index (χ2n) is 7.91. The summed E-state index contributed by atoms with van der Waals surface area (Å²) < 4.78 is 5.06. The molecule has 25 heavy (non-hydrogen) atoms. The lowest BCUT2D eigenvalue weighted by Gasteiger charge is -2.35. The Labute approximate surface area is 148 Å². The van der Waals surface area contributed by atoms with Crippen molar-refractivity contribution in [2.45, 2.75) is 52.5 Å². The van der Waals surface area contributed by atoms with E-state index in [1.54, 1.807) is 17.3 Å². The van der Waals surface area contributed by atoms with Crippen LogP contribution in [-0.2, 0) is 9.53 Å². The molecule has 136 valence electrons. The zero-order valence-corrected chi connectivity index (χ0v) is 15.4. The smallest absolute Gasteiger partial charge is 0.415 e. The molecule has 0 bridgehead atoms. The van der Waals surface area contributed by atoms with Gasteiger partial charge in [-0.2, -0.15) is 0 Å². The topological polar surface area (TPSA) is 75.6 Å². The van der Waals surface area contributed by atoms with Crippen molar-refractivity contribution in [3.8, 4) is 0 Å². The van der Waals surface area contributed by atoms with E-state index in [1.807, 2.05) is 32.6 Å². The summed E-state index contributed by atoms with van der Waals surface area (Å²) in [5.74, 6) is 0.991. The summed E-state index contributed by atoms with van der Waals surface area (Å²) in [4.78, 5) is 36.7. The Balaban J connectivity index is 1.69. The van der Waals surface area contributed by atoms with Gasteiger partial charge in [0.1, 0.15) is 6.61 Å². The molecule has 2 fully saturated rings. The first-order valence-electron chi connectivity index (χ1n) is 8.84. The molecule has 2 amide bonds. The molecule has 7 heteroatoms. The predicted octanol–water partition coefficient (Wildman–Crippen LogP) is 2.57. The number of piperidine rings is 1. The Bertz CT molecular complexity index is 663. The van der Waals surface area contributed by atoms with Crippen LogP contribution in [0.2, 0.25) is 0 Å². The molecule has 0 N–H and O–H groups in total. The summed E-state index contributed by atoms with van der Waals surface area (Å²) >= 11 is 0. The molecule has 2 aliphatic rings. The SMILES string of the molecule is C[C@@H]1COC(=O)N1c1cncc(C2CCN(C(=O)C(C)(C)C)CC2)n1. The fraction of sp³-hybridized carbons (Fsp3) is 0.667. The minimum Gasteiger partial charge on any atom is -0.447 e. The van der Waals surface area contributed by atoms with E-state index in [1.165, 1.54) is 0 Å². The quantitative estimate of drug-likeness (QED) is 0.823. The fourth-order valence-corrected chi connectivity index (χ4v) is 3.37. The average Bonchev–Trinajstić information content (AvgIpc) is 2.92. The van der Waals surface area contributed by atoms with Crippen LogP contribution in [0.5, 0.6) is 0 Å². The van der Waals surface area contributed by atoms with Crippen LogP contribution >= 0.6 is 0 Å². The molecule has 7 nitrogen and oxygen atoms in total. The van der Waals surface area contributed by atoms with Crippen LogP contribution in [0.4, 0.5) is 10.6 Å². The Hall–Kier alpha value is -2.18. The maximum atomic E-state index is 12.4. The molecule has 3 heterocycles. The number of likely N-dealkylation sites (tertiary alicyclic amines) is 1. The van der Waals surface area contributed by atoms with E-state index < -0.39 is 0 Å². The number of amides is 2. The maximum Gasteiger partial charge on any atom is 0.415 e. The van der Waals surface area contributed by atoms with Gasteiger partial charge in [-0.15, -0.1) is 0 Å². The number of hydrogen-bond donors (Lipinski definition) is 0. The lowest BCUT2D eigenvalue weighted by molar-refractivity contribution is -0.140. The summed E-state index contributed by atoms with van der Waals surface area (Å²) in [5.41, 5.74) is 0.533. The molecule has 1 aromatic heterocycles. The van der Waals surface area contributed by atoms with Gasteiger partial charge in [0.25, 0.3) is 0 Å². The molecule has 0 saturated carbocycles. The monoisotopic (exact) mass is 346 g/mol. The van der Waals surface area contributed by atoms with Crippen LogP contribution in [0.15, 0.2) is 12.4 Å². The normalized spacial score (nSPS) is 22.2. The Morgan fingerprint density at radius 1 is 1.24 bits per heavy atom. The number of hydrogen-bond acceptors (Lipinski definition) is 5. The zero-order valence-electron chi connectivity index (χ0n) is 15.4. The van der Waals surface area contributed by atoms with Crippen molar-refractivity contribution in [2.24, 2.45) is 5.41 Å². The molecule has 0 unspecified atom stereocenters. The van der Waals surface area contributed by atoms with Crippen molar-refractivity contribution in [1.82, 2.24) is 14.9 Å². The van der Waals surface area contributed by atoms with Gasteiger partial charge in [0.05, 0.1) is 17.9 Å². The lowest BCUT2D eigenvalue weighted by Crippen LogP contribution is -2.43. The van der Waals surface area contributed by atoms with Crippen LogP contribution in [0.25, 0.3) is 0 Å². The lowest BCUT2D eigenvalue weighted by atomic mass is 9.90. The first-order valence-corrected chi connectivity index (χ1v) is 8.84. The van der Waals surface area contributed by atoms with Crippen molar-refractivity contribution < 1.29 is 14.3 Å². The highest BCUT2D eigenvalue weighted by Crippen LogP contribution is 2.30. The van der Waals surface area contributed by atoms with Crippen molar-refractivity contribution in [3.63, 3.8) is 0 Å². The van der Waals surface area contributed by atoms with E-state index >= 15 is 0 Å². The third-order valence-electron chi connectivity index (χ3n) is 4.81. The molecule has 1 aromatic rings. The third-order valence-corrected chi connectivity index (χ3v) is 4.81. The molecule has 0 aliphatic carbocycles. The third kappa shape index (κ3) is 3.60. The molecular weight excluding hydrogens is 320 g/mol. The van der Waals surface area contributed by atoms with E-state index in [-0.39, 0.29) is 29.4 Å². The van der Waals surface area contributed by atoms with Crippen molar-refractivity contribution in [2.75, 3.05) is 24.6 Å². The summed E-state index contributed by atoms with van der Waals surface area (Å²) in [6.07, 6.45) is 4.72. The summed E-state index contributed by atoms with van der Waals surface area (Å²) in [6, 6.07) is -0.0386. The van der Waals surface area contributed by atoms with Crippen molar-refractivity contribution in [1.29, 1.82) is 0 Å². The number of rotatable bonds is 2. The summed E-state index contributed by atoms with van der Waals surface area (Å²) in [5, 5.41) is 0. The van der Waals surface area contributed by atoms with Crippen LogP contribution in [-0.4, -0.2) is 52.6 Å². The van der Waals surface area contributed by atoms with E-state index in [2.05, 4.69) is 9.97 Å². The number of ether oxygens (including phenoxy) is 1. The minimum atomic E-state index is -0.371. The molecule has 2 saturated heterocycles.